The van der Waals surface area contributed by atoms with Crippen LogP contribution in [0.25, 0.3) is 0 Å². The van der Waals surface area contributed by atoms with E-state index in [0.717, 1.165) is 11.3 Å². The molecule has 0 saturated carbocycles. The zero-order chi connectivity index (χ0) is 19.1. The number of hydrogen-bond acceptors (Lipinski definition) is 5. The van der Waals surface area contributed by atoms with Gasteiger partial charge in [0.25, 0.3) is 0 Å². The van der Waals surface area contributed by atoms with Crippen LogP contribution in [0, 0.1) is 0 Å². The quantitative estimate of drug-likeness (QED) is 0.742. The number of nitrogens with one attached hydrogen (secondary N) is 1. The van der Waals surface area contributed by atoms with Gasteiger partial charge in [-0.05, 0) is 55.0 Å². The molecule has 2 N–H and O–H groups in total. The van der Waals surface area contributed by atoms with Crippen molar-refractivity contribution in [3.05, 3.63) is 48.0 Å². The molecule has 0 spiro atoms. The van der Waals surface area contributed by atoms with Crippen LogP contribution in [0.5, 0.6) is 11.5 Å². The molecule has 2 aromatic carbocycles. The lowest BCUT2D eigenvalue weighted by atomic mass is 10.2. The van der Waals surface area contributed by atoms with Crippen molar-refractivity contribution in [3.8, 4) is 11.5 Å². The van der Waals surface area contributed by atoms with E-state index >= 15 is 0 Å². The topological polar surface area (TPSA) is 97.2 Å². The van der Waals surface area contributed by atoms with Crippen LogP contribution < -0.4 is 14.8 Å². The summed E-state index contributed by atoms with van der Waals surface area (Å²) in [5.41, 5.74) is 2.19. The maximum Gasteiger partial charge on any atom is 0.344 e. The summed E-state index contributed by atoms with van der Waals surface area (Å²) in [7, 11) is 1.48. The minimum atomic E-state index is -1.06. The number of carboxylic acids is 1. The van der Waals surface area contributed by atoms with Crippen LogP contribution >= 0.6 is 0 Å². The van der Waals surface area contributed by atoms with Crippen molar-refractivity contribution in [1.82, 2.24) is 0 Å². The number of carbonyl (C=O) groups excluding carboxylic acids is 1. The van der Waals surface area contributed by atoms with Crippen molar-refractivity contribution in [2.24, 2.45) is 4.99 Å². The zero-order valence-corrected chi connectivity index (χ0v) is 14.7. The van der Waals surface area contributed by atoms with Crippen molar-refractivity contribution in [3.63, 3.8) is 0 Å². The molecular formula is C19H20N2O5. The fourth-order valence-electron chi connectivity index (χ4n) is 2.09. The van der Waals surface area contributed by atoms with Crippen LogP contribution in [-0.2, 0) is 9.59 Å². The molecular weight excluding hydrogens is 336 g/mol. The monoisotopic (exact) mass is 356 g/mol. The van der Waals surface area contributed by atoms with Gasteiger partial charge in [-0.3, -0.25) is 9.79 Å². The first-order valence-electron chi connectivity index (χ1n) is 7.88. The number of anilines is 1. The summed E-state index contributed by atoms with van der Waals surface area (Å²) >= 11 is 0. The summed E-state index contributed by atoms with van der Waals surface area (Å²) in [5.74, 6) is -0.421. The van der Waals surface area contributed by atoms with Crippen molar-refractivity contribution in [2.75, 3.05) is 12.4 Å². The molecule has 0 aliphatic rings. The van der Waals surface area contributed by atoms with Crippen molar-refractivity contribution in [2.45, 2.75) is 20.0 Å². The third-order valence-corrected chi connectivity index (χ3v) is 3.39. The number of amides is 1. The summed E-state index contributed by atoms with van der Waals surface area (Å²) in [6, 6.07) is 12.2. The lowest BCUT2D eigenvalue weighted by Gasteiger charge is -2.14. The van der Waals surface area contributed by atoms with Crippen molar-refractivity contribution >= 4 is 29.5 Å². The number of carbonyl (C=O) groups is 2. The highest BCUT2D eigenvalue weighted by Crippen LogP contribution is 2.29. The zero-order valence-electron chi connectivity index (χ0n) is 14.7. The Bertz CT molecular complexity index is 815. The van der Waals surface area contributed by atoms with Gasteiger partial charge in [0.1, 0.15) is 0 Å². The van der Waals surface area contributed by atoms with Gasteiger partial charge in [0.05, 0.1) is 12.8 Å². The fraction of sp³-hybridized carbons (Fsp3) is 0.211. The number of carboxylic acid groups (broad SMARTS) is 1. The Kier molecular flexibility index (Phi) is 6.32. The number of methoxy groups -OCH3 is 1. The average Bonchev–Trinajstić information content (AvgIpc) is 2.61. The Morgan fingerprint density at radius 1 is 1.15 bits per heavy atom. The van der Waals surface area contributed by atoms with Gasteiger partial charge in [-0.15, -0.1) is 0 Å². The standard InChI is InChI=1S/C19H20N2O5/c1-12(19(23)24)26-17-9-4-14(10-18(17)25-3)11-20-15-5-7-16(8-6-15)21-13(2)22/h4-12H,1-3H3,(H,21,22)(H,23,24)/t12-/m1/s1. The second-order valence-electron chi connectivity index (χ2n) is 5.49. The minimum Gasteiger partial charge on any atom is -0.493 e. The molecule has 0 aromatic heterocycles. The third-order valence-electron chi connectivity index (χ3n) is 3.39. The Hall–Kier alpha value is -3.35. The number of aliphatic imine (C=N–C) groups is 1. The van der Waals surface area contributed by atoms with Gasteiger partial charge in [0.2, 0.25) is 5.91 Å². The predicted molar refractivity (Wildman–Crippen MR) is 98.7 cm³/mol. The average molecular weight is 356 g/mol. The van der Waals surface area contributed by atoms with Crippen molar-refractivity contribution in [1.29, 1.82) is 0 Å². The number of ether oxygens (including phenoxy) is 2. The van der Waals surface area contributed by atoms with Crippen LogP contribution in [0.2, 0.25) is 0 Å². The lowest BCUT2D eigenvalue weighted by Crippen LogP contribution is -2.23. The van der Waals surface area contributed by atoms with E-state index in [1.54, 1.807) is 48.7 Å². The number of benzene rings is 2. The van der Waals surface area contributed by atoms with E-state index in [9.17, 15) is 9.59 Å². The first-order chi connectivity index (χ1) is 12.4. The van der Waals surface area contributed by atoms with E-state index in [2.05, 4.69) is 10.3 Å². The molecule has 0 unspecified atom stereocenters. The Balaban J connectivity index is 2.12. The van der Waals surface area contributed by atoms with E-state index in [-0.39, 0.29) is 5.91 Å². The molecule has 136 valence electrons. The molecule has 1 atom stereocenters. The normalized spacial score (nSPS) is 11.8. The second kappa shape index (κ2) is 8.66. The molecule has 2 aromatic rings. The Labute approximate surface area is 151 Å². The Morgan fingerprint density at radius 2 is 1.85 bits per heavy atom. The molecule has 0 saturated heterocycles. The number of aliphatic carboxylic acids is 1. The summed E-state index contributed by atoms with van der Waals surface area (Å²) in [6.45, 7) is 2.89. The second-order valence-corrected chi connectivity index (χ2v) is 5.49. The van der Waals surface area contributed by atoms with Gasteiger partial charge in [-0.1, -0.05) is 0 Å². The van der Waals surface area contributed by atoms with Gasteiger partial charge in [0.15, 0.2) is 17.6 Å². The van der Waals surface area contributed by atoms with E-state index in [4.69, 9.17) is 14.6 Å². The molecule has 7 nitrogen and oxygen atoms in total. The summed E-state index contributed by atoms with van der Waals surface area (Å²) in [5, 5.41) is 11.6. The van der Waals surface area contributed by atoms with Crippen LogP contribution in [0.3, 0.4) is 0 Å². The molecule has 0 fully saturated rings. The molecule has 1 amide bonds. The highest BCUT2D eigenvalue weighted by molar-refractivity contribution is 5.89. The summed E-state index contributed by atoms with van der Waals surface area (Å²) in [6.07, 6.45) is 0.672. The molecule has 7 heteroatoms. The molecule has 0 heterocycles. The van der Waals surface area contributed by atoms with E-state index < -0.39 is 12.1 Å². The van der Waals surface area contributed by atoms with Crippen LogP contribution in [0.15, 0.2) is 47.5 Å². The molecule has 0 aliphatic carbocycles. The smallest absolute Gasteiger partial charge is 0.344 e. The number of nitrogens with zero attached hydrogens (tertiary/aromatic N) is 1. The van der Waals surface area contributed by atoms with Crippen LogP contribution in [0.1, 0.15) is 19.4 Å². The van der Waals surface area contributed by atoms with Gasteiger partial charge >= 0.3 is 5.97 Å². The maximum atomic E-state index is 11.0. The largest absolute Gasteiger partial charge is 0.493 e. The van der Waals surface area contributed by atoms with E-state index in [1.165, 1.54) is 21.0 Å². The molecule has 26 heavy (non-hydrogen) atoms. The van der Waals surface area contributed by atoms with Gasteiger partial charge in [-0.25, -0.2) is 4.79 Å². The molecule has 0 radical (unpaired) electrons. The van der Waals surface area contributed by atoms with Gasteiger partial charge < -0.3 is 19.9 Å². The molecule has 0 aliphatic heterocycles. The molecule has 0 bridgehead atoms. The highest BCUT2D eigenvalue weighted by Gasteiger charge is 2.15. The van der Waals surface area contributed by atoms with Crippen LogP contribution in [0.4, 0.5) is 11.4 Å². The predicted octanol–water partition coefficient (Wildman–Crippen LogP) is 3.26. The number of rotatable bonds is 7. The summed E-state index contributed by atoms with van der Waals surface area (Å²) < 4.78 is 10.6. The maximum absolute atomic E-state index is 11.0. The van der Waals surface area contributed by atoms with E-state index in [0.29, 0.717) is 17.2 Å². The third kappa shape index (κ3) is 5.34. The SMILES string of the molecule is COc1cc(C=Nc2ccc(NC(C)=O)cc2)ccc1O[C@H](C)C(=O)O. The Morgan fingerprint density at radius 3 is 2.42 bits per heavy atom. The first-order valence-corrected chi connectivity index (χ1v) is 7.88. The van der Waals surface area contributed by atoms with Gasteiger partial charge in [-0.2, -0.15) is 0 Å². The number of hydrogen-bond donors (Lipinski definition) is 2. The minimum absolute atomic E-state index is 0.132. The lowest BCUT2D eigenvalue weighted by molar-refractivity contribution is -0.144. The highest BCUT2D eigenvalue weighted by atomic mass is 16.5. The van der Waals surface area contributed by atoms with Crippen molar-refractivity contribution < 1.29 is 24.2 Å². The van der Waals surface area contributed by atoms with E-state index in [1.807, 2.05) is 0 Å². The van der Waals surface area contributed by atoms with Gasteiger partial charge in [0, 0.05) is 18.8 Å². The molecule has 2 rings (SSSR count). The fourth-order valence-corrected chi connectivity index (χ4v) is 2.09. The van der Waals surface area contributed by atoms with Crippen LogP contribution in [-0.4, -0.2) is 36.4 Å². The first kappa shape index (κ1) is 19.0. The summed E-state index contributed by atoms with van der Waals surface area (Å²) in [4.78, 5) is 26.3.